The van der Waals surface area contributed by atoms with Gasteiger partial charge >= 0.3 is 0 Å². The molecule has 0 unspecified atom stereocenters. The molecule has 4 aromatic rings. The van der Waals surface area contributed by atoms with E-state index in [-0.39, 0.29) is 18.7 Å². The smallest absolute Gasteiger partial charge is 0.262 e. The van der Waals surface area contributed by atoms with E-state index in [1.807, 2.05) is 66.7 Å². The summed E-state index contributed by atoms with van der Waals surface area (Å²) in [6.07, 6.45) is 4.87. The van der Waals surface area contributed by atoms with Crippen molar-refractivity contribution in [2.45, 2.75) is 6.61 Å². The average Bonchev–Trinajstić information content (AvgIpc) is 3.34. The number of hydrogen-bond acceptors (Lipinski definition) is 4. The number of aromatic nitrogens is 2. The molecule has 0 atom stereocenters. The third kappa shape index (κ3) is 6.47. The fourth-order valence-electron chi connectivity index (χ4n) is 3.50. The van der Waals surface area contributed by atoms with Gasteiger partial charge in [0.2, 0.25) is 0 Å². The second-order valence-corrected chi connectivity index (χ2v) is 8.77. The first-order chi connectivity index (χ1) is 18.0. The highest BCUT2D eigenvalue weighted by Gasteiger charge is 2.15. The van der Waals surface area contributed by atoms with Gasteiger partial charge < -0.3 is 10.1 Å². The quantitative estimate of drug-likeness (QED) is 0.150. The third-order valence-electron chi connectivity index (χ3n) is 5.37. The first-order valence-corrected chi connectivity index (χ1v) is 12.1. The van der Waals surface area contributed by atoms with Crippen molar-refractivity contribution in [2.75, 3.05) is 6.54 Å². The van der Waals surface area contributed by atoms with Crippen molar-refractivity contribution in [3.05, 3.63) is 118 Å². The lowest BCUT2D eigenvalue weighted by molar-refractivity contribution is -0.116. The van der Waals surface area contributed by atoms with E-state index in [2.05, 4.69) is 11.9 Å². The predicted molar refractivity (Wildman–Crippen MR) is 147 cm³/mol. The molecule has 1 amide bonds. The lowest BCUT2D eigenvalue weighted by Crippen LogP contribution is -2.24. The standard InChI is InChI=1S/C29H22Cl2N4O2/c1-2-14-33-29(36)22(17-32)15-23-18-35(25-6-4-3-5-7-25)34-28(23)20-9-12-26(13-10-20)37-19-21-8-11-24(30)16-27(21)31/h2-13,15-16,18H,1,14,19H2,(H,33,36). The summed E-state index contributed by atoms with van der Waals surface area (Å²) in [6, 6.07) is 24.2. The number of ether oxygens (including phenoxy) is 1. The van der Waals surface area contributed by atoms with Crippen molar-refractivity contribution in [3.63, 3.8) is 0 Å². The Balaban J connectivity index is 1.64. The largest absolute Gasteiger partial charge is 0.489 e. The Morgan fingerprint density at radius 2 is 1.86 bits per heavy atom. The van der Waals surface area contributed by atoms with Crippen molar-refractivity contribution in [3.8, 4) is 28.8 Å². The van der Waals surface area contributed by atoms with E-state index in [1.165, 1.54) is 6.08 Å². The number of benzene rings is 3. The molecule has 0 spiro atoms. The molecule has 1 aromatic heterocycles. The second kappa shape index (κ2) is 12.1. The van der Waals surface area contributed by atoms with Gasteiger partial charge in [-0.15, -0.1) is 6.58 Å². The fourth-order valence-corrected chi connectivity index (χ4v) is 3.97. The van der Waals surface area contributed by atoms with Crippen molar-refractivity contribution in [1.82, 2.24) is 15.1 Å². The van der Waals surface area contributed by atoms with Crippen LogP contribution in [0.2, 0.25) is 10.0 Å². The van der Waals surface area contributed by atoms with Gasteiger partial charge in [-0.3, -0.25) is 4.79 Å². The van der Waals surface area contributed by atoms with Crippen LogP contribution in [0.15, 0.2) is 97.2 Å². The second-order valence-electron chi connectivity index (χ2n) is 7.93. The van der Waals surface area contributed by atoms with Gasteiger partial charge in [0, 0.05) is 39.5 Å². The minimum absolute atomic E-state index is 0.0319. The summed E-state index contributed by atoms with van der Waals surface area (Å²) in [4.78, 5) is 12.4. The highest BCUT2D eigenvalue weighted by molar-refractivity contribution is 6.35. The Kier molecular flexibility index (Phi) is 8.42. The fraction of sp³-hybridized carbons (Fsp3) is 0.0690. The van der Waals surface area contributed by atoms with Crippen LogP contribution in [0.3, 0.4) is 0 Å². The van der Waals surface area contributed by atoms with Crippen LogP contribution in [0.25, 0.3) is 23.0 Å². The number of rotatable bonds is 9. The highest BCUT2D eigenvalue weighted by atomic mass is 35.5. The van der Waals surface area contributed by atoms with Crippen LogP contribution in [-0.4, -0.2) is 22.2 Å². The molecule has 4 rings (SSSR count). The summed E-state index contributed by atoms with van der Waals surface area (Å²) in [5, 5.41) is 18.1. The Hall–Kier alpha value is -4.31. The lowest BCUT2D eigenvalue weighted by atomic mass is 10.1. The highest BCUT2D eigenvalue weighted by Crippen LogP contribution is 2.28. The summed E-state index contributed by atoms with van der Waals surface area (Å²) in [6.45, 7) is 4.13. The van der Waals surface area contributed by atoms with Crippen molar-refractivity contribution >= 4 is 35.2 Å². The van der Waals surface area contributed by atoms with Gasteiger partial charge in [-0.25, -0.2) is 4.68 Å². The van der Waals surface area contributed by atoms with E-state index in [4.69, 9.17) is 33.0 Å². The summed E-state index contributed by atoms with van der Waals surface area (Å²) in [5.74, 6) is 0.168. The van der Waals surface area contributed by atoms with Crippen molar-refractivity contribution in [1.29, 1.82) is 5.26 Å². The summed E-state index contributed by atoms with van der Waals surface area (Å²) < 4.78 is 7.60. The molecule has 0 aliphatic carbocycles. The maximum absolute atomic E-state index is 12.4. The van der Waals surface area contributed by atoms with Gasteiger partial charge in [-0.05, 0) is 54.6 Å². The first kappa shape index (κ1) is 25.8. The summed E-state index contributed by atoms with van der Waals surface area (Å²) in [5.41, 5.74) is 3.66. The molecule has 8 heteroatoms. The SMILES string of the molecule is C=CCNC(=O)C(C#N)=Cc1cn(-c2ccccc2)nc1-c1ccc(OCc2ccc(Cl)cc2Cl)cc1. The van der Waals surface area contributed by atoms with Gasteiger partial charge in [0.1, 0.15) is 24.0 Å². The Morgan fingerprint density at radius 1 is 1.11 bits per heavy atom. The van der Waals surface area contributed by atoms with Crippen molar-refractivity contribution < 1.29 is 9.53 Å². The number of nitrogens with zero attached hydrogens (tertiary/aromatic N) is 3. The number of para-hydroxylation sites is 1. The molecule has 0 fully saturated rings. The Labute approximate surface area is 225 Å². The predicted octanol–water partition coefficient (Wildman–Crippen LogP) is 6.63. The zero-order valence-electron chi connectivity index (χ0n) is 19.7. The van der Waals surface area contributed by atoms with Crippen LogP contribution in [0, 0.1) is 11.3 Å². The molecular formula is C29H22Cl2N4O2. The zero-order chi connectivity index (χ0) is 26.2. The number of carbonyl (C=O) groups excluding carboxylic acids is 1. The number of carbonyl (C=O) groups is 1. The van der Waals surface area contributed by atoms with E-state index in [9.17, 15) is 10.1 Å². The molecule has 0 bridgehead atoms. The summed E-state index contributed by atoms with van der Waals surface area (Å²) >= 11 is 12.2. The monoisotopic (exact) mass is 528 g/mol. The van der Waals surface area contributed by atoms with E-state index in [0.29, 0.717) is 27.1 Å². The molecule has 37 heavy (non-hydrogen) atoms. The minimum Gasteiger partial charge on any atom is -0.489 e. The molecule has 184 valence electrons. The Morgan fingerprint density at radius 3 is 2.54 bits per heavy atom. The normalized spacial score (nSPS) is 11.0. The van der Waals surface area contributed by atoms with Crippen molar-refractivity contribution in [2.24, 2.45) is 0 Å². The first-order valence-electron chi connectivity index (χ1n) is 11.3. The van der Waals surface area contributed by atoms with Crippen LogP contribution in [0.1, 0.15) is 11.1 Å². The molecule has 6 nitrogen and oxygen atoms in total. The lowest BCUT2D eigenvalue weighted by Gasteiger charge is -2.09. The maximum atomic E-state index is 12.4. The molecule has 1 heterocycles. The van der Waals surface area contributed by atoms with Crippen LogP contribution in [-0.2, 0) is 11.4 Å². The van der Waals surface area contributed by atoms with Gasteiger partial charge in [-0.2, -0.15) is 10.4 Å². The Bertz CT molecular complexity index is 1490. The van der Waals surface area contributed by atoms with Crippen LogP contribution in [0.5, 0.6) is 5.75 Å². The average molecular weight is 529 g/mol. The molecular weight excluding hydrogens is 507 g/mol. The van der Waals surface area contributed by atoms with Gasteiger partial charge in [0.15, 0.2) is 0 Å². The van der Waals surface area contributed by atoms with Gasteiger partial charge in [0.25, 0.3) is 5.91 Å². The number of nitriles is 1. The minimum atomic E-state index is -0.481. The molecule has 0 saturated heterocycles. The van der Waals surface area contributed by atoms with E-state index >= 15 is 0 Å². The molecule has 0 aliphatic rings. The number of halogens is 2. The zero-order valence-corrected chi connectivity index (χ0v) is 21.2. The molecule has 0 saturated carbocycles. The number of nitrogens with one attached hydrogen (secondary N) is 1. The maximum Gasteiger partial charge on any atom is 0.262 e. The van der Waals surface area contributed by atoms with Gasteiger partial charge in [0.05, 0.1) is 11.4 Å². The van der Waals surface area contributed by atoms with E-state index in [1.54, 1.807) is 29.1 Å². The molecule has 0 radical (unpaired) electrons. The van der Waals surface area contributed by atoms with Gasteiger partial charge in [-0.1, -0.05) is 53.5 Å². The molecule has 0 aliphatic heterocycles. The van der Waals surface area contributed by atoms with Crippen LogP contribution in [0.4, 0.5) is 0 Å². The number of hydrogen-bond donors (Lipinski definition) is 1. The molecule has 3 aromatic carbocycles. The molecule has 1 N–H and O–H groups in total. The van der Waals surface area contributed by atoms with Crippen LogP contribution >= 0.6 is 23.2 Å². The topological polar surface area (TPSA) is 79.9 Å². The van der Waals surface area contributed by atoms with Crippen LogP contribution < -0.4 is 10.1 Å². The number of amides is 1. The third-order valence-corrected chi connectivity index (χ3v) is 5.96. The summed E-state index contributed by atoms with van der Waals surface area (Å²) in [7, 11) is 0. The van der Waals surface area contributed by atoms with E-state index < -0.39 is 5.91 Å². The van der Waals surface area contributed by atoms with E-state index in [0.717, 1.165) is 16.8 Å².